The fourth-order valence-electron chi connectivity index (χ4n) is 3.67. The van der Waals surface area contributed by atoms with E-state index in [0.717, 1.165) is 17.7 Å². The van der Waals surface area contributed by atoms with Crippen molar-refractivity contribution < 1.29 is 18.3 Å². The third-order valence-corrected chi connectivity index (χ3v) is 5.30. The highest BCUT2D eigenvalue weighted by Gasteiger charge is 2.12. The molecule has 2 aromatic rings. The maximum absolute atomic E-state index is 12.6. The maximum Gasteiger partial charge on any atom is 0.387 e. The van der Waals surface area contributed by atoms with Gasteiger partial charge in [0.25, 0.3) is 0 Å². The van der Waals surface area contributed by atoms with Crippen LogP contribution in [-0.2, 0) is 19.6 Å². The quantitative estimate of drug-likeness (QED) is 0.424. The number of nitrogens with one attached hydrogen (secondary N) is 2. The number of likely N-dealkylation sites (tertiary alicyclic amines) is 1. The zero-order valence-corrected chi connectivity index (χ0v) is 18.7. The van der Waals surface area contributed by atoms with Crippen LogP contribution in [0.4, 0.5) is 8.78 Å². The van der Waals surface area contributed by atoms with Crippen molar-refractivity contribution in [3.05, 3.63) is 59.2 Å². The lowest BCUT2D eigenvalue weighted by molar-refractivity contribution is -0.0512. The van der Waals surface area contributed by atoms with Gasteiger partial charge in [-0.1, -0.05) is 30.3 Å². The smallest absolute Gasteiger partial charge is 0.387 e. The van der Waals surface area contributed by atoms with Gasteiger partial charge in [0.2, 0.25) is 0 Å². The molecule has 2 N–H and O–H groups in total. The van der Waals surface area contributed by atoms with Gasteiger partial charge in [0.1, 0.15) is 0 Å². The van der Waals surface area contributed by atoms with Crippen LogP contribution in [0.15, 0.2) is 47.5 Å². The van der Waals surface area contributed by atoms with Gasteiger partial charge >= 0.3 is 6.61 Å². The predicted molar refractivity (Wildman–Crippen MR) is 122 cm³/mol. The molecule has 32 heavy (non-hydrogen) atoms. The van der Waals surface area contributed by atoms with Crippen LogP contribution in [0, 0.1) is 0 Å². The Bertz CT molecular complexity index is 869. The molecule has 0 bridgehead atoms. The van der Waals surface area contributed by atoms with Crippen molar-refractivity contribution in [1.82, 2.24) is 15.5 Å². The van der Waals surface area contributed by atoms with Gasteiger partial charge in [-0.05, 0) is 61.7 Å². The summed E-state index contributed by atoms with van der Waals surface area (Å²) in [4.78, 5) is 7.05. The molecule has 0 radical (unpaired) electrons. The topological polar surface area (TPSA) is 58.1 Å². The fraction of sp³-hybridized carbons (Fsp3) is 0.458. The summed E-state index contributed by atoms with van der Waals surface area (Å²) in [6.45, 7) is 4.13. The lowest BCUT2D eigenvalue weighted by atomic mass is 10.1. The van der Waals surface area contributed by atoms with E-state index >= 15 is 0 Å². The molecular weight excluding hydrogens is 414 g/mol. The number of hydrogen-bond donors (Lipinski definition) is 2. The lowest BCUT2D eigenvalue weighted by Crippen LogP contribution is -2.36. The molecule has 0 unspecified atom stereocenters. The first-order chi connectivity index (χ1) is 15.6. The predicted octanol–water partition coefficient (Wildman–Crippen LogP) is 4.15. The Kier molecular flexibility index (Phi) is 9.10. The van der Waals surface area contributed by atoms with Gasteiger partial charge in [0.15, 0.2) is 17.5 Å². The number of aliphatic imine (C=N–C) groups is 1. The van der Waals surface area contributed by atoms with E-state index in [2.05, 4.69) is 49.5 Å². The Morgan fingerprint density at radius 3 is 2.34 bits per heavy atom. The van der Waals surface area contributed by atoms with Crippen LogP contribution in [0.3, 0.4) is 0 Å². The largest absolute Gasteiger partial charge is 0.493 e. The first-order valence-corrected chi connectivity index (χ1v) is 11.0. The van der Waals surface area contributed by atoms with Crippen molar-refractivity contribution >= 4 is 5.96 Å². The number of alkyl halides is 2. The molecule has 1 saturated heterocycles. The minimum absolute atomic E-state index is 0.00202. The summed E-state index contributed by atoms with van der Waals surface area (Å²) in [5.41, 5.74) is 3.24. The van der Waals surface area contributed by atoms with Gasteiger partial charge < -0.3 is 20.1 Å². The Hall–Kier alpha value is -2.87. The second-order valence-electron chi connectivity index (χ2n) is 7.71. The molecular formula is C24H32F2N4O2. The van der Waals surface area contributed by atoms with Crippen molar-refractivity contribution in [3.8, 4) is 11.5 Å². The van der Waals surface area contributed by atoms with Crippen LogP contribution < -0.4 is 20.1 Å². The van der Waals surface area contributed by atoms with Crippen LogP contribution in [0.2, 0.25) is 0 Å². The summed E-state index contributed by atoms with van der Waals surface area (Å²) in [5, 5.41) is 6.53. The van der Waals surface area contributed by atoms with E-state index in [0.29, 0.717) is 25.6 Å². The highest BCUT2D eigenvalue weighted by atomic mass is 19.3. The molecule has 0 aromatic heterocycles. The SMILES string of the molecule is CCNC(=NCc1ccc(OC)c(OC(F)F)c1)NCc1ccc(CN2CCCC2)cc1. The van der Waals surface area contributed by atoms with Gasteiger partial charge in [-0.2, -0.15) is 8.78 Å². The third kappa shape index (κ3) is 7.37. The molecule has 0 spiro atoms. The molecule has 0 saturated carbocycles. The van der Waals surface area contributed by atoms with Crippen LogP contribution in [0.1, 0.15) is 36.5 Å². The zero-order chi connectivity index (χ0) is 22.8. The lowest BCUT2D eigenvalue weighted by Gasteiger charge is -2.15. The summed E-state index contributed by atoms with van der Waals surface area (Å²) in [6.07, 6.45) is 2.59. The van der Waals surface area contributed by atoms with E-state index in [1.54, 1.807) is 12.1 Å². The first kappa shape index (κ1) is 23.8. The van der Waals surface area contributed by atoms with Gasteiger partial charge in [0.05, 0.1) is 13.7 Å². The minimum Gasteiger partial charge on any atom is -0.493 e. The highest BCUT2D eigenvalue weighted by molar-refractivity contribution is 5.79. The van der Waals surface area contributed by atoms with Gasteiger partial charge in [0, 0.05) is 19.6 Å². The molecule has 1 aliphatic heterocycles. The summed E-state index contributed by atoms with van der Waals surface area (Å²) >= 11 is 0. The Balaban J connectivity index is 1.57. The molecule has 0 amide bonds. The molecule has 1 fully saturated rings. The monoisotopic (exact) mass is 446 g/mol. The number of halogens is 2. The number of methoxy groups -OCH3 is 1. The van der Waals surface area contributed by atoms with Crippen LogP contribution in [0.5, 0.6) is 11.5 Å². The van der Waals surface area contributed by atoms with E-state index in [4.69, 9.17) is 4.74 Å². The molecule has 0 atom stereocenters. The van der Waals surface area contributed by atoms with E-state index < -0.39 is 6.61 Å². The molecule has 2 aromatic carbocycles. The Labute approximate surface area is 188 Å². The molecule has 0 aliphatic carbocycles. The minimum atomic E-state index is -2.91. The van der Waals surface area contributed by atoms with Gasteiger partial charge in [-0.25, -0.2) is 4.99 Å². The molecule has 8 heteroatoms. The molecule has 174 valence electrons. The average Bonchev–Trinajstić information content (AvgIpc) is 3.29. The van der Waals surface area contributed by atoms with Gasteiger partial charge in [-0.15, -0.1) is 0 Å². The van der Waals surface area contributed by atoms with Crippen molar-refractivity contribution in [3.63, 3.8) is 0 Å². The second kappa shape index (κ2) is 12.2. The summed E-state index contributed by atoms with van der Waals surface area (Å²) in [5.74, 6) is 0.916. The summed E-state index contributed by atoms with van der Waals surface area (Å²) in [6, 6.07) is 13.6. The maximum atomic E-state index is 12.6. The van der Waals surface area contributed by atoms with Gasteiger partial charge in [-0.3, -0.25) is 4.90 Å². The first-order valence-electron chi connectivity index (χ1n) is 11.0. The standard InChI is InChI=1S/C24H32F2N4O2/c1-3-27-24(29-16-20-10-11-21(31-2)22(14-20)32-23(25)26)28-15-18-6-8-19(9-7-18)17-30-12-4-5-13-30/h6-11,14,23H,3-5,12-13,15-17H2,1-2H3,(H2,27,28,29). The molecule has 6 nitrogen and oxygen atoms in total. The number of benzene rings is 2. The van der Waals surface area contributed by atoms with Crippen molar-refractivity contribution in [2.24, 2.45) is 4.99 Å². The van der Waals surface area contributed by atoms with E-state index in [1.807, 2.05) is 6.92 Å². The molecule has 1 heterocycles. The number of rotatable bonds is 10. The molecule has 1 aliphatic rings. The van der Waals surface area contributed by atoms with Crippen LogP contribution in [-0.4, -0.2) is 44.2 Å². The number of guanidine groups is 1. The van der Waals surface area contributed by atoms with Crippen molar-refractivity contribution in [2.75, 3.05) is 26.7 Å². The van der Waals surface area contributed by atoms with Crippen LogP contribution >= 0.6 is 0 Å². The Morgan fingerprint density at radius 1 is 1.00 bits per heavy atom. The zero-order valence-electron chi connectivity index (χ0n) is 18.7. The van der Waals surface area contributed by atoms with Crippen molar-refractivity contribution in [1.29, 1.82) is 0 Å². The van der Waals surface area contributed by atoms with E-state index in [9.17, 15) is 8.78 Å². The second-order valence-corrected chi connectivity index (χ2v) is 7.71. The number of hydrogen-bond acceptors (Lipinski definition) is 4. The number of ether oxygens (including phenoxy) is 2. The highest BCUT2D eigenvalue weighted by Crippen LogP contribution is 2.29. The average molecular weight is 447 g/mol. The third-order valence-electron chi connectivity index (χ3n) is 5.30. The number of nitrogens with zero attached hydrogens (tertiary/aromatic N) is 2. The molecule has 3 rings (SSSR count). The van der Waals surface area contributed by atoms with E-state index in [1.165, 1.54) is 44.7 Å². The Morgan fingerprint density at radius 2 is 1.69 bits per heavy atom. The summed E-state index contributed by atoms with van der Waals surface area (Å²) < 4.78 is 34.9. The normalized spacial score (nSPS) is 14.6. The fourth-order valence-corrected chi connectivity index (χ4v) is 3.67. The van der Waals surface area contributed by atoms with E-state index in [-0.39, 0.29) is 11.5 Å². The van der Waals surface area contributed by atoms with Crippen molar-refractivity contribution in [2.45, 2.75) is 46.0 Å². The summed E-state index contributed by atoms with van der Waals surface area (Å²) in [7, 11) is 1.41. The van der Waals surface area contributed by atoms with Crippen LogP contribution in [0.25, 0.3) is 0 Å².